The summed E-state index contributed by atoms with van der Waals surface area (Å²) in [6, 6.07) is 25.2. The van der Waals surface area contributed by atoms with Gasteiger partial charge in [0.2, 0.25) is 0 Å². The largest absolute Gasteiger partial charge is 0.497 e. The van der Waals surface area contributed by atoms with Gasteiger partial charge in [-0.05, 0) is 61.5 Å². The van der Waals surface area contributed by atoms with Crippen LogP contribution in [0.15, 0.2) is 91.1 Å². The van der Waals surface area contributed by atoms with Crippen LogP contribution in [0.4, 0.5) is 0 Å². The first kappa shape index (κ1) is 19.4. The Hall–Kier alpha value is -3.92. The molecular formula is C26H22N2O2. The van der Waals surface area contributed by atoms with Crippen LogP contribution in [0.2, 0.25) is 0 Å². The summed E-state index contributed by atoms with van der Waals surface area (Å²) in [6.07, 6.45) is 5.37. The predicted molar refractivity (Wildman–Crippen MR) is 120 cm³/mol. The Morgan fingerprint density at radius 3 is 2.43 bits per heavy atom. The number of allylic oxidation sites excluding steroid dienone is 1. The van der Waals surface area contributed by atoms with Crippen molar-refractivity contribution >= 4 is 11.9 Å². The van der Waals surface area contributed by atoms with E-state index in [4.69, 9.17) is 9.84 Å². The summed E-state index contributed by atoms with van der Waals surface area (Å²) < 4.78 is 7.00. The number of hydrogen-bond donors (Lipinski definition) is 0. The molecule has 0 bridgehead atoms. The van der Waals surface area contributed by atoms with Crippen LogP contribution in [-0.2, 0) is 0 Å². The molecule has 4 heteroatoms. The molecule has 148 valence electrons. The van der Waals surface area contributed by atoms with Crippen LogP contribution in [0.5, 0.6) is 5.75 Å². The van der Waals surface area contributed by atoms with Gasteiger partial charge in [-0.15, -0.1) is 0 Å². The highest BCUT2D eigenvalue weighted by Crippen LogP contribution is 2.26. The summed E-state index contributed by atoms with van der Waals surface area (Å²) >= 11 is 0. The van der Waals surface area contributed by atoms with E-state index in [9.17, 15) is 4.79 Å². The maximum absolute atomic E-state index is 12.6. The molecule has 1 heterocycles. The molecule has 30 heavy (non-hydrogen) atoms. The van der Waals surface area contributed by atoms with Crippen molar-refractivity contribution in [2.75, 3.05) is 7.11 Å². The minimum atomic E-state index is -0.0692. The number of methoxy groups -OCH3 is 1. The van der Waals surface area contributed by atoms with Crippen LogP contribution in [0.1, 0.15) is 21.5 Å². The molecule has 0 radical (unpaired) electrons. The lowest BCUT2D eigenvalue weighted by Crippen LogP contribution is -1.94. The zero-order valence-electron chi connectivity index (χ0n) is 16.9. The fourth-order valence-electron chi connectivity index (χ4n) is 3.26. The van der Waals surface area contributed by atoms with Gasteiger partial charge in [-0.25, -0.2) is 4.68 Å². The Labute approximate surface area is 176 Å². The molecule has 0 saturated carbocycles. The average molecular weight is 394 g/mol. The highest BCUT2D eigenvalue weighted by atomic mass is 16.5. The number of hydrogen-bond acceptors (Lipinski definition) is 3. The van der Waals surface area contributed by atoms with Crippen LogP contribution in [0.25, 0.3) is 23.0 Å². The van der Waals surface area contributed by atoms with E-state index < -0.39 is 0 Å². The van der Waals surface area contributed by atoms with Gasteiger partial charge in [0.1, 0.15) is 5.75 Å². The van der Waals surface area contributed by atoms with Gasteiger partial charge in [-0.3, -0.25) is 4.79 Å². The number of aromatic nitrogens is 2. The van der Waals surface area contributed by atoms with Crippen molar-refractivity contribution in [1.29, 1.82) is 0 Å². The number of ketones is 1. The van der Waals surface area contributed by atoms with Crippen LogP contribution < -0.4 is 4.74 Å². The highest BCUT2D eigenvalue weighted by molar-refractivity contribution is 6.07. The summed E-state index contributed by atoms with van der Waals surface area (Å²) in [5, 5.41) is 4.80. The van der Waals surface area contributed by atoms with Gasteiger partial charge in [0.15, 0.2) is 5.78 Å². The molecule has 1 aromatic heterocycles. The van der Waals surface area contributed by atoms with Crippen molar-refractivity contribution in [1.82, 2.24) is 9.78 Å². The van der Waals surface area contributed by atoms with Gasteiger partial charge < -0.3 is 4.74 Å². The van der Waals surface area contributed by atoms with Crippen LogP contribution in [-0.4, -0.2) is 22.7 Å². The van der Waals surface area contributed by atoms with Crippen molar-refractivity contribution in [3.8, 4) is 22.7 Å². The lowest BCUT2D eigenvalue weighted by Gasteiger charge is -2.02. The third-order valence-corrected chi connectivity index (χ3v) is 4.84. The molecule has 0 aliphatic heterocycles. The van der Waals surface area contributed by atoms with Crippen molar-refractivity contribution in [3.63, 3.8) is 0 Å². The van der Waals surface area contributed by atoms with Crippen molar-refractivity contribution < 1.29 is 9.53 Å². The number of rotatable bonds is 6. The maximum atomic E-state index is 12.6. The van der Waals surface area contributed by atoms with E-state index >= 15 is 0 Å². The van der Waals surface area contributed by atoms with Gasteiger partial charge in [-0.1, -0.05) is 42.0 Å². The topological polar surface area (TPSA) is 44.1 Å². The first-order chi connectivity index (χ1) is 14.6. The van der Waals surface area contributed by atoms with Gasteiger partial charge >= 0.3 is 0 Å². The minimum Gasteiger partial charge on any atom is -0.497 e. The molecule has 4 aromatic rings. The molecular weight excluding hydrogens is 372 g/mol. The molecule has 3 aromatic carbocycles. The summed E-state index contributed by atoms with van der Waals surface area (Å²) in [7, 11) is 1.61. The monoisotopic (exact) mass is 394 g/mol. The Morgan fingerprint density at radius 2 is 1.73 bits per heavy atom. The fraction of sp³-hybridized carbons (Fsp3) is 0.0769. The van der Waals surface area contributed by atoms with Gasteiger partial charge in [0.05, 0.1) is 18.5 Å². The number of carbonyl (C=O) groups is 1. The second-order valence-electron chi connectivity index (χ2n) is 7.01. The van der Waals surface area contributed by atoms with Gasteiger partial charge in [0.25, 0.3) is 0 Å². The Balaban J connectivity index is 1.71. The standard InChI is InChI=1S/C26H22N2O2/c1-19-7-6-8-21(17-19)26-22(18-28(27-26)23-9-4-3-5-10-23)13-16-25(29)20-11-14-24(30-2)15-12-20/h3-18H,1-2H3. The van der Waals surface area contributed by atoms with Crippen LogP contribution in [0.3, 0.4) is 0 Å². The lowest BCUT2D eigenvalue weighted by molar-refractivity contribution is 0.104. The van der Waals surface area contributed by atoms with E-state index in [1.165, 1.54) is 0 Å². The second kappa shape index (κ2) is 8.62. The van der Waals surface area contributed by atoms with E-state index in [2.05, 4.69) is 19.1 Å². The maximum Gasteiger partial charge on any atom is 0.185 e. The first-order valence-corrected chi connectivity index (χ1v) is 9.72. The molecule has 0 aliphatic rings. The van der Waals surface area contributed by atoms with Crippen LogP contribution in [0, 0.1) is 6.92 Å². The average Bonchev–Trinajstić information content (AvgIpc) is 3.22. The SMILES string of the molecule is COc1ccc(C(=O)C=Cc2cn(-c3ccccc3)nc2-c2cccc(C)c2)cc1. The third kappa shape index (κ3) is 4.23. The van der Waals surface area contributed by atoms with E-state index in [1.54, 1.807) is 37.5 Å². The molecule has 4 rings (SSSR count). The Kier molecular flexibility index (Phi) is 5.57. The third-order valence-electron chi connectivity index (χ3n) is 4.84. The molecule has 0 spiro atoms. The van der Waals surface area contributed by atoms with E-state index in [-0.39, 0.29) is 5.78 Å². The lowest BCUT2D eigenvalue weighted by atomic mass is 10.0. The number of carbonyl (C=O) groups excluding carboxylic acids is 1. The van der Waals surface area contributed by atoms with Crippen molar-refractivity contribution in [2.45, 2.75) is 6.92 Å². The molecule has 0 fully saturated rings. The molecule has 0 N–H and O–H groups in total. The highest BCUT2D eigenvalue weighted by Gasteiger charge is 2.11. The zero-order valence-corrected chi connectivity index (χ0v) is 16.9. The van der Waals surface area contributed by atoms with Crippen molar-refractivity contribution in [3.05, 3.63) is 108 Å². The number of benzene rings is 3. The number of aryl methyl sites for hydroxylation is 1. The number of nitrogens with zero attached hydrogens (tertiary/aromatic N) is 2. The van der Waals surface area contributed by atoms with E-state index in [0.29, 0.717) is 5.56 Å². The minimum absolute atomic E-state index is 0.0692. The fourth-order valence-corrected chi connectivity index (χ4v) is 3.26. The molecule has 0 unspecified atom stereocenters. The Bertz CT molecular complexity index is 1190. The molecule has 0 atom stereocenters. The summed E-state index contributed by atoms with van der Waals surface area (Å²) in [5.41, 5.74) is 5.46. The molecule has 0 amide bonds. The van der Waals surface area contributed by atoms with Crippen molar-refractivity contribution in [2.24, 2.45) is 0 Å². The quantitative estimate of drug-likeness (QED) is 0.309. The smallest absolute Gasteiger partial charge is 0.185 e. The summed E-state index contributed by atoms with van der Waals surface area (Å²) in [4.78, 5) is 12.6. The second-order valence-corrected chi connectivity index (χ2v) is 7.01. The van der Waals surface area contributed by atoms with Crippen LogP contribution >= 0.6 is 0 Å². The van der Waals surface area contributed by atoms with Gasteiger partial charge in [0, 0.05) is 22.9 Å². The first-order valence-electron chi connectivity index (χ1n) is 9.72. The molecule has 0 saturated heterocycles. The van der Waals surface area contributed by atoms with E-state index in [1.807, 2.05) is 59.4 Å². The van der Waals surface area contributed by atoms with Gasteiger partial charge in [-0.2, -0.15) is 5.10 Å². The predicted octanol–water partition coefficient (Wildman–Crippen LogP) is 5.75. The normalized spacial score (nSPS) is 11.0. The number of para-hydroxylation sites is 1. The number of ether oxygens (including phenoxy) is 1. The molecule has 4 nitrogen and oxygen atoms in total. The zero-order chi connectivity index (χ0) is 20.9. The van der Waals surface area contributed by atoms with E-state index in [0.717, 1.165) is 33.8 Å². The molecule has 0 aliphatic carbocycles. The Morgan fingerprint density at radius 1 is 0.967 bits per heavy atom. The summed E-state index contributed by atoms with van der Waals surface area (Å²) in [6.45, 7) is 2.06. The summed E-state index contributed by atoms with van der Waals surface area (Å²) in [5.74, 6) is 0.654.